The first-order valence-corrected chi connectivity index (χ1v) is 3.66. The van der Waals surface area contributed by atoms with E-state index < -0.39 is 0 Å². The largest absolute Gasteiger partial charge is 0.273 e. The van der Waals surface area contributed by atoms with Crippen molar-refractivity contribution in [2.45, 2.75) is 26.9 Å². The van der Waals surface area contributed by atoms with Crippen molar-refractivity contribution in [3.8, 4) is 0 Å². The molecule has 1 N–H and O–H groups in total. The van der Waals surface area contributed by atoms with E-state index >= 15 is 0 Å². The lowest BCUT2D eigenvalue weighted by molar-refractivity contribution is -0.138. The van der Waals surface area contributed by atoms with Gasteiger partial charge in [-0.1, -0.05) is 19.9 Å². The van der Waals surface area contributed by atoms with Gasteiger partial charge in [-0.15, -0.1) is 6.58 Å². The van der Waals surface area contributed by atoms with E-state index in [1.54, 1.807) is 26.8 Å². The van der Waals surface area contributed by atoms with Gasteiger partial charge in [0.15, 0.2) is 0 Å². The molecule has 0 aromatic rings. The zero-order valence-corrected chi connectivity index (χ0v) is 7.26. The van der Waals surface area contributed by atoms with Gasteiger partial charge in [0.1, 0.15) is 6.10 Å². The summed E-state index contributed by atoms with van der Waals surface area (Å²) in [7, 11) is 0. The van der Waals surface area contributed by atoms with Gasteiger partial charge in [0.25, 0.3) is 0 Å². The average molecular weight is 157 g/mol. The van der Waals surface area contributed by atoms with E-state index in [2.05, 4.69) is 12.1 Å². The number of rotatable bonds is 4. The molecule has 0 fully saturated rings. The quantitative estimate of drug-likeness (QED) is 0.493. The lowest BCUT2D eigenvalue weighted by atomic mass is 10.2. The van der Waals surface area contributed by atoms with Crippen molar-refractivity contribution in [2.75, 3.05) is 0 Å². The second kappa shape index (κ2) is 4.91. The molecule has 11 heavy (non-hydrogen) atoms. The highest BCUT2D eigenvalue weighted by Gasteiger charge is 2.06. The summed E-state index contributed by atoms with van der Waals surface area (Å²) in [5.74, 6) is -0.161. The summed E-state index contributed by atoms with van der Waals surface area (Å²) >= 11 is 0. The zero-order chi connectivity index (χ0) is 8.85. The molecular formula is C8H15NO2. The van der Waals surface area contributed by atoms with Crippen molar-refractivity contribution in [1.29, 1.82) is 0 Å². The van der Waals surface area contributed by atoms with Crippen molar-refractivity contribution < 1.29 is 9.63 Å². The van der Waals surface area contributed by atoms with Gasteiger partial charge in [0.05, 0.1) is 0 Å². The van der Waals surface area contributed by atoms with Crippen molar-refractivity contribution in [2.24, 2.45) is 5.92 Å². The topological polar surface area (TPSA) is 38.3 Å². The Morgan fingerprint density at radius 3 is 2.45 bits per heavy atom. The predicted molar refractivity (Wildman–Crippen MR) is 43.7 cm³/mol. The Morgan fingerprint density at radius 2 is 2.09 bits per heavy atom. The van der Waals surface area contributed by atoms with Crippen LogP contribution in [0.15, 0.2) is 12.7 Å². The van der Waals surface area contributed by atoms with Crippen LogP contribution in [0, 0.1) is 5.92 Å². The van der Waals surface area contributed by atoms with E-state index in [0.717, 1.165) is 0 Å². The first-order valence-electron chi connectivity index (χ1n) is 3.66. The maximum Gasteiger partial charge on any atom is 0.246 e. The van der Waals surface area contributed by atoms with Crippen LogP contribution in [0.2, 0.25) is 0 Å². The molecule has 0 heterocycles. The summed E-state index contributed by atoms with van der Waals surface area (Å²) in [5.41, 5.74) is 2.32. The van der Waals surface area contributed by atoms with Crippen molar-refractivity contribution in [1.82, 2.24) is 5.48 Å². The summed E-state index contributed by atoms with van der Waals surface area (Å²) in [5, 5.41) is 0. The van der Waals surface area contributed by atoms with Gasteiger partial charge < -0.3 is 0 Å². The molecule has 0 radical (unpaired) electrons. The Labute approximate surface area is 67.4 Å². The molecule has 0 spiro atoms. The maximum atomic E-state index is 10.9. The first kappa shape index (κ1) is 10.2. The number of carbonyl (C=O) groups excluding carboxylic acids is 1. The number of nitrogens with one attached hydrogen (secondary N) is 1. The molecule has 1 unspecified atom stereocenters. The van der Waals surface area contributed by atoms with Crippen LogP contribution in [-0.4, -0.2) is 12.0 Å². The number of carbonyl (C=O) groups is 1. The average Bonchev–Trinajstić information content (AvgIpc) is 1.99. The molecule has 0 bridgehead atoms. The molecule has 1 amide bonds. The van der Waals surface area contributed by atoms with Gasteiger partial charge in [-0.3, -0.25) is 9.63 Å². The Balaban J connectivity index is 3.54. The van der Waals surface area contributed by atoms with Crippen LogP contribution in [0.5, 0.6) is 0 Å². The molecule has 0 aliphatic rings. The summed E-state index contributed by atoms with van der Waals surface area (Å²) in [6.45, 7) is 8.91. The summed E-state index contributed by atoms with van der Waals surface area (Å²) in [6.07, 6.45) is 1.47. The molecule has 0 aromatic heterocycles. The Bertz CT molecular complexity index is 143. The minimum atomic E-state index is -0.141. The molecule has 0 rings (SSSR count). The van der Waals surface area contributed by atoms with Crippen molar-refractivity contribution in [3.05, 3.63) is 12.7 Å². The highest BCUT2D eigenvalue weighted by Crippen LogP contribution is 1.92. The second-order valence-corrected chi connectivity index (χ2v) is 2.68. The summed E-state index contributed by atoms with van der Waals surface area (Å²) in [4.78, 5) is 15.8. The molecule has 3 nitrogen and oxygen atoms in total. The standard InChI is InChI=1S/C8H15NO2/c1-5-7(4)11-9-8(10)6(2)3/h5-7H,1H2,2-4H3,(H,9,10). The molecule has 0 aliphatic carbocycles. The fourth-order valence-corrected chi connectivity index (χ4v) is 0.317. The third kappa shape index (κ3) is 4.56. The van der Waals surface area contributed by atoms with Crippen LogP contribution in [0.4, 0.5) is 0 Å². The zero-order valence-electron chi connectivity index (χ0n) is 7.26. The van der Waals surface area contributed by atoms with Crippen LogP contribution in [-0.2, 0) is 9.63 Å². The Morgan fingerprint density at radius 1 is 1.55 bits per heavy atom. The van der Waals surface area contributed by atoms with Gasteiger partial charge in [0, 0.05) is 5.92 Å². The molecule has 0 aliphatic heterocycles. The summed E-state index contributed by atoms with van der Waals surface area (Å²) < 4.78 is 0. The van der Waals surface area contributed by atoms with Gasteiger partial charge in [-0.2, -0.15) is 0 Å². The van der Waals surface area contributed by atoms with E-state index in [9.17, 15) is 4.79 Å². The molecular weight excluding hydrogens is 142 g/mol. The predicted octanol–water partition coefficient (Wildman–Crippen LogP) is 1.26. The van der Waals surface area contributed by atoms with Gasteiger partial charge in [-0.05, 0) is 6.92 Å². The number of hydrogen-bond acceptors (Lipinski definition) is 2. The normalized spacial score (nSPS) is 12.7. The first-order chi connectivity index (χ1) is 5.07. The van der Waals surface area contributed by atoms with Crippen LogP contribution in [0.1, 0.15) is 20.8 Å². The highest BCUT2D eigenvalue weighted by molar-refractivity contribution is 5.76. The van der Waals surface area contributed by atoms with E-state index in [1.807, 2.05) is 0 Å². The van der Waals surface area contributed by atoms with Crippen LogP contribution in [0.3, 0.4) is 0 Å². The van der Waals surface area contributed by atoms with E-state index in [0.29, 0.717) is 0 Å². The molecule has 3 heteroatoms. The van der Waals surface area contributed by atoms with Gasteiger partial charge in [-0.25, -0.2) is 5.48 Å². The molecule has 0 saturated carbocycles. The molecule has 0 saturated heterocycles. The smallest absolute Gasteiger partial charge is 0.246 e. The van der Waals surface area contributed by atoms with Gasteiger partial charge in [0.2, 0.25) is 5.91 Å². The SMILES string of the molecule is C=CC(C)ONC(=O)C(C)C. The Kier molecular flexibility index (Phi) is 4.54. The molecule has 0 aromatic carbocycles. The van der Waals surface area contributed by atoms with E-state index in [4.69, 9.17) is 4.84 Å². The Hall–Kier alpha value is -0.830. The van der Waals surface area contributed by atoms with Gasteiger partial charge >= 0.3 is 0 Å². The van der Waals surface area contributed by atoms with E-state index in [1.165, 1.54) is 0 Å². The third-order valence-electron chi connectivity index (χ3n) is 1.20. The fourth-order valence-electron chi connectivity index (χ4n) is 0.317. The van der Waals surface area contributed by atoms with Crippen LogP contribution in [0.25, 0.3) is 0 Å². The van der Waals surface area contributed by atoms with E-state index in [-0.39, 0.29) is 17.9 Å². The maximum absolute atomic E-state index is 10.9. The van der Waals surface area contributed by atoms with Crippen molar-refractivity contribution >= 4 is 5.91 Å². The highest BCUT2D eigenvalue weighted by atomic mass is 16.7. The van der Waals surface area contributed by atoms with Crippen LogP contribution < -0.4 is 5.48 Å². The fraction of sp³-hybridized carbons (Fsp3) is 0.625. The minimum absolute atomic E-state index is 0.0491. The lowest BCUT2D eigenvalue weighted by Gasteiger charge is -2.10. The number of hydrogen-bond donors (Lipinski definition) is 1. The molecule has 64 valence electrons. The third-order valence-corrected chi connectivity index (χ3v) is 1.20. The summed E-state index contributed by atoms with van der Waals surface area (Å²) in [6, 6.07) is 0. The van der Waals surface area contributed by atoms with Crippen LogP contribution >= 0.6 is 0 Å². The second-order valence-electron chi connectivity index (χ2n) is 2.68. The lowest BCUT2D eigenvalue weighted by Crippen LogP contribution is -2.30. The number of amides is 1. The monoisotopic (exact) mass is 157 g/mol. The van der Waals surface area contributed by atoms with Crippen molar-refractivity contribution in [3.63, 3.8) is 0 Å². The molecule has 1 atom stereocenters. The number of hydroxylamine groups is 1. The minimum Gasteiger partial charge on any atom is -0.273 e.